The maximum atomic E-state index is 8.88. The van der Waals surface area contributed by atoms with Crippen LogP contribution in [0, 0.1) is 0 Å². The minimum Gasteiger partial charge on any atom is -0.412 e. The van der Waals surface area contributed by atoms with Gasteiger partial charge in [-0.1, -0.05) is 0 Å². The van der Waals surface area contributed by atoms with E-state index in [1.54, 1.807) is 0 Å². The van der Waals surface area contributed by atoms with E-state index in [0.29, 0.717) is 0 Å². The van der Waals surface area contributed by atoms with E-state index in [2.05, 4.69) is 0 Å². The second-order valence-electron chi connectivity index (χ2n) is 0.513. The smallest absolute Gasteiger partial charge is 0.412 e. The Morgan fingerprint density at radius 3 is 0.889 bits per heavy atom. The van der Waals surface area contributed by atoms with E-state index in [4.69, 9.17) is 19.2 Å². The van der Waals surface area contributed by atoms with Crippen molar-refractivity contribution in [3.63, 3.8) is 0 Å². The molecular weight excluding hydrogens is 173 g/mol. The average molecular weight is 180 g/mol. The first-order chi connectivity index (χ1) is 2.00. The van der Waals surface area contributed by atoms with Crippen molar-refractivity contribution < 1.29 is 89.3 Å². The van der Waals surface area contributed by atoms with Crippen LogP contribution in [-0.2, 0) is 4.57 Å². The quantitative estimate of drug-likeness (QED) is 0.251. The fourth-order valence-electron chi connectivity index (χ4n) is 0. The normalized spacial score (nSPS) is 6.56. The molecule has 6 nitrogen and oxygen atoms in total. The van der Waals surface area contributed by atoms with Crippen LogP contribution in [0.15, 0.2) is 0 Å². The van der Waals surface area contributed by atoms with Crippen molar-refractivity contribution >= 4 is 7.82 Å². The number of hydrogen-bond acceptors (Lipinski definition) is 1. The van der Waals surface area contributed by atoms with Crippen molar-refractivity contribution in [2.75, 3.05) is 0 Å². The van der Waals surface area contributed by atoms with Crippen molar-refractivity contribution in [3.8, 4) is 0 Å². The van der Waals surface area contributed by atoms with Crippen LogP contribution in [0.25, 0.3) is 0 Å². The van der Waals surface area contributed by atoms with Gasteiger partial charge in [-0.05, 0) is 0 Å². The molecule has 0 saturated carbocycles. The summed E-state index contributed by atoms with van der Waals surface area (Å²) in [7, 11) is -4.64. The van der Waals surface area contributed by atoms with Gasteiger partial charge in [0.25, 0.3) is 0 Å². The molecule has 0 spiro atoms. The van der Waals surface area contributed by atoms with Crippen LogP contribution in [0.2, 0.25) is 0 Å². The van der Waals surface area contributed by atoms with Gasteiger partial charge in [0, 0.05) is 0 Å². The molecule has 0 aromatic rings. The molecule has 0 aliphatic heterocycles. The summed E-state index contributed by atoms with van der Waals surface area (Å²) in [5.41, 5.74) is 0. The molecule has 0 unspecified atom stereocenters. The third-order valence-electron chi connectivity index (χ3n) is 0. The van der Waals surface area contributed by atoms with Crippen LogP contribution in [0.5, 0.6) is 0 Å². The molecule has 0 bridgehead atoms. The molecule has 0 fully saturated rings. The molecule has 0 atom stereocenters. The summed E-state index contributed by atoms with van der Waals surface area (Å²) in [6, 6.07) is 0. The van der Waals surface area contributed by atoms with Gasteiger partial charge in [0.05, 0.1) is 0 Å². The van der Waals surface area contributed by atoms with Gasteiger partial charge in [-0.3, -0.25) is 0 Å². The fourth-order valence-corrected chi connectivity index (χ4v) is 0. The molecular formula is H7Na2O6P+2. The molecule has 48 valence electrons. The van der Waals surface area contributed by atoms with E-state index in [1.807, 2.05) is 0 Å². The Morgan fingerprint density at radius 1 is 0.889 bits per heavy atom. The number of rotatable bonds is 0. The summed E-state index contributed by atoms with van der Waals surface area (Å²) in [6.07, 6.45) is 0. The standard InChI is InChI=1S/2Na.H3O4P.2H2O/c;;1-5(2,3)4;;/h;;(H3,1,2,3,4);2*1H2/q2*+1;;;. The van der Waals surface area contributed by atoms with Gasteiger partial charge in [-0.15, -0.1) is 0 Å². The zero-order valence-corrected chi connectivity index (χ0v) is 10.1. The van der Waals surface area contributed by atoms with Crippen molar-refractivity contribution in [1.29, 1.82) is 0 Å². The van der Waals surface area contributed by atoms with E-state index in [-0.39, 0.29) is 70.1 Å². The number of phosphoric acid groups is 1. The van der Waals surface area contributed by atoms with Crippen molar-refractivity contribution in [1.82, 2.24) is 0 Å². The van der Waals surface area contributed by atoms with Gasteiger partial charge in [-0.25, -0.2) is 4.57 Å². The topological polar surface area (TPSA) is 141 Å². The van der Waals surface area contributed by atoms with Crippen molar-refractivity contribution in [2.24, 2.45) is 0 Å². The SMILES string of the molecule is O.O.O=P(O)(O)O.[Na+].[Na+]. The van der Waals surface area contributed by atoms with Gasteiger partial charge in [0.15, 0.2) is 0 Å². The molecule has 0 radical (unpaired) electrons. The predicted molar refractivity (Wildman–Crippen MR) is 21.5 cm³/mol. The molecule has 0 saturated heterocycles. The summed E-state index contributed by atoms with van der Waals surface area (Å²) in [5, 5.41) is 0. The van der Waals surface area contributed by atoms with Crippen LogP contribution >= 0.6 is 7.82 Å². The summed E-state index contributed by atoms with van der Waals surface area (Å²) in [6.45, 7) is 0. The second kappa shape index (κ2) is 12.7. The summed E-state index contributed by atoms with van der Waals surface area (Å²) in [4.78, 5) is 21.6. The average Bonchev–Trinajstić information content (AvgIpc) is 0.722. The van der Waals surface area contributed by atoms with E-state index in [9.17, 15) is 0 Å². The molecule has 9 heavy (non-hydrogen) atoms. The van der Waals surface area contributed by atoms with Crippen molar-refractivity contribution in [3.05, 3.63) is 0 Å². The number of hydrogen-bond donors (Lipinski definition) is 3. The molecule has 0 amide bonds. The Balaban J connectivity index is -0.0000000133. The van der Waals surface area contributed by atoms with Gasteiger partial charge in [-0.2, -0.15) is 0 Å². The zero-order valence-electron chi connectivity index (χ0n) is 5.20. The van der Waals surface area contributed by atoms with Gasteiger partial charge in [0.2, 0.25) is 0 Å². The first-order valence-electron chi connectivity index (χ1n) is 0.783. The maximum absolute atomic E-state index is 8.88. The van der Waals surface area contributed by atoms with Crippen LogP contribution in [0.1, 0.15) is 0 Å². The Bertz CT molecular complexity index is 57.2. The molecule has 7 N–H and O–H groups in total. The van der Waals surface area contributed by atoms with E-state index < -0.39 is 7.82 Å². The third-order valence-corrected chi connectivity index (χ3v) is 0. The Morgan fingerprint density at radius 2 is 0.889 bits per heavy atom. The molecule has 0 aliphatic rings. The monoisotopic (exact) mass is 180 g/mol. The fraction of sp³-hybridized carbons (Fsp3) is 0. The molecule has 0 aliphatic carbocycles. The van der Waals surface area contributed by atoms with Crippen LogP contribution in [0.4, 0.5) is 0 Å². The molecule has 0 aromatic carbocycles. The van der Waals surface area contributed by atoms with Gasteiger partial charge in [0.1, 0.15) is 0 Å². The van der Waals surface area contributed by atoms with E-state index >= 15 is 0 Å². The van der Waals surface area contributed by atoms with Crippen LogP contribution in [0.3, 0.4) is 0 Å². The van der Waals surface area contributed by atoms with E-state index in [1.165, 1.54) is 0 Å². The van der Waals surface area contributed by atoms with Crippen LogP contribution in [-0.4, -0.2) is 25.6 Å². The molecule has 0 heterocycles. The minimum atomic E-state index is -4.64. The summed E-state index contributed by atoms with van der Waals surface area (Å²) >= 11 is 0. The molecule has 0 rings (SSSR count). The largest absolute Gasteiger partial charge is 1.00 e. The first kappa shape index (κ1) is 30.5. The minimum absolute atomic E-state index is 0. The van der Waals surface area contributed by atoms with Crippen molar-refractivity contribution in [2.45, 2.75) is 0 Å². The predicted octanol–water partition coefficient (Wildman–Crippen LogP) is -8.57. The first-order valence-corrected chi connectivity index (χ1v) is 2.35. The Hall–Kier alpha value is 2.03. The summed E-state index contributed by atoms with van der Waals surface area (Å²) in [5.74, 6) is 0. The van der Waals surface area contributed by atoms with E-state index in [0.717, 1.165) is 0 Å². The Labute approximate surface area is 96.1 Å². The third kappa shape index (κ3) is 157. The van der Waals surface area contributed by atoms with Crippen LogP contribution < -0.4 is 59.1 Å². The zero-order chi connectivity index (χ0) is 4.50. The Kier molecular flexibility index (Phi) is 43.0. The molecule has 9 heteroatoms. The second-order valence-corrected chi connectivity index (χ2v) is 1.54. The molecule has 0 aromatic heterocycles. The van der Waals surface area contributed by atoms with Gasteiger partial charge < -0.3 is 25.6 Å². The van der Waals surface area contributed by atoms with Gasteiger partial charge >= 0.3 is 66.9 Å². The maximum Gasteiger partial charge on any atom is 1.00 e. The summed E-state index contributed by atoms with van der Waals surface area (Å²) < 4.78 is 8.88.